The van der Waals surface area contributed by atoms with Gasteiger partial charge in [-0.15, -0.1) is 0 Å². The van der Waals surface area contributed by atoms with Crippen LogP contribution in [0.15, 0.2) is 18.3 Å². The summed E-state index contributed by atoms with van der Waals surface area (Å²) in [5.74, 6) is 0.692. The van der Waals surface area contributed by atoms with Crippen molar-refractivity contribution in [2.75, 3.05) is 0 Å². The smallest absolute Gasteiger partial charge is 0.129 e. The van der Waals surface area contributed by atoms with Crippen LogP contribution in [-0.4, -0.2) is 17.1 Å². The number of nitrogens with zero attached hydrogens (tertiary/aromatic N) is 1. The highest BCUT2D eigenvalue weighted by Crippen LogP contribution is 2.34. The molecule has 0 spiro atoms. The van der Waals surface area contributed by atoms with Crippen LogP contribution in [0.5, 0.6) is 0 Å². The Hall–Kier alpha value is -0.600. The number of halogens is 1. The molecule has 3 aliphatic rings. The Labute approximate surface area is 101 Å². The van der Waals surface area contributed by atoms with Crippen molar-refractivity contribution in [2.24, 2.45) is 0 Å². The maximum atomic E-state index is 5.82. The standard InChI is InChI=1S/C13H17ClN2/c14-13-6-3-10(8-15-13)9-1-4-11-7-12(16-11)5-2-9/h3,6,8-9,11-12,16H,1-2,4-5,7H2. The molecule has 86 valence electrons. The van der Waals surface area contributed by atoms with E-state index in [0.717, 1.165) is 12.1 Å². The summed E-state index contributed by atoms with van der Waals surface area (Å²) in [4.78, 5) is 4.19. The molecule has 2 nitrogen and oxygen atoms in total. The van der Waals surface area contributed by atoms with Gasteiger partial charge in [-0.1, -0.05) is 17.7 Å². The van der Waals surface area contributed by atoms with Gasteiger partial charge in [0.2, 0.25) is 0 Å². The van der Waals surface area contributed by atoms with Crippen LogP contribution in [0.1, 0.15) is 43.6 Å². The summed E-state index contributed by atoms with van der Waals surface area (Å²) >= 11 is 5.82. The maximum Gasteiger partial charge on any atom is 0.129 e. The lowest BCUT2D eigenvalue weighted by Crippen LogP contribution is -2.53. The molecule has 1 N–H and O–H groups in total. The quantitative estimate of drug-likeness (QED) is 0.758. The van der Waals surface area contributed by atoms with Gasteiger partial charge in [-0.05, 0) is 49.7 Å². The van der Waals surface area contributed by atoms with E-state index in [9.17, 15) is 0 Å². The minimum Gasteiger partial charge on any atom is -0.311 e. The fourth-order valence-electron chi connectivity index (χ4n) is 2.97. The first-order valence-corrected chi connectivity index (χ1v) is 6.56. The molecular weight excluding hydrogens is 220 g/mol. The van der Waals surface area contributed by atoms with Gasteiger partial charge in [-0.3, -0.25) is 0 Å². The Morgan fingerprint density at radius 1 is 1.12 bits per heavy atom. The molecule has 3 heteroatoms. The molecule has 2 unspecified atom stereocenters. The Bertz CT molecular complexity index is 345. The SMILES string of the molecule is Clc1ccc(C2CCC3CC(CC2)N3)cn1. The second kappa shape index (κ2) is 4.34. The molecule has 0 radical (unpaired) electrons. The number of pyridine rings is 1. The topological polar surface area (TPSA) is 24.9 Å². The van der Waals surface area contributed by atoms with Gasteiger partial charge >= 0.3 is 0 Å². The number of nitrogens with one attached hydrogen (secondary N) is 1. The lowest BCUT2D eigenvalue weighted by atomic mass is 9.79. The van der Waals surface area contributed by atoms with E-state index in [1.807, 2.05) is 12.3 Å². The average molecular weight is 237 g/mol. The van der Waals surface area contributed by atoms with Crippen molar-refractivity contribution in [2.45, 2.75) is 50.1 Å². The summed E-state index contributed by atoms with van der Waals surface area (Å²) in [5.41, 5.74) is 1.37. The number of hydrogen-bond acceptors (Lipinski definition) is 2. The second-order valence-electron chi connectivity index (χ2n) is 5.06. The summed E-state index contributed by atoms with van der Waals surface area (Å²) in [6, 6.07) is 5.62. The normalized spacial score (nSPS) is 33.7. The zero-order valence-electron chi connectivity index (χ0n) is 9.32. The van der Waals surface area contributed by atoms with Crippen molar-refractivity contribution in [1.82, 2.24) is 10.3 Å². The third kappa shape index (κ3) is 2.09. The van der Waals surface area contributed by atoms with Gasteiger partial charge in [0, 0.05) is 18.3 Å². The molecule has 2 aliphatic heterocycles. The first kappa shape index (κ1) is 10.5. The van der Waals surface area contributed by atoms with Crippen LogP contribution in [-0.2, 0) is 0 Å². The first-order valence-electron chi connectivity index (χ1n) is 6.19. The molecule has 2 saturated heterocycles. The fraction of sp³-hybridized carbons (Fsp3) is 0.615. The molecular formula is C13H17ClN2. The predicted octanol–water partition coefficient (Wildman–Crippen LogP) is 3.12. The summed E-state index contributed by atoms with van der Waals surface area (Å²) < 4.78 is 0. The number of fused-ring (bicyclic) bond motifs is 4. The summed E-state index contributed by atoms with van der Waals surface area (Å²) in [6.07, 6.45) is 8.54. The van der Waals surface area contributed by atoms with Gasteiger partial charge in [0.1, 0.15) is 5.15 Å². The van der Waals surface area contributed by atoms with E-state index in [1.54, 1.807) is 0 Å². The van der Waals surface area contributed by atoms with Crippen LogP contribution in [0.3, 0.4) is 0 Å². The van der Waals surface area contributed by atoms with Gasteiger partial charge in [0.15, 0.2) is 0 Å². The highest BCUT2D eigenvalue weighted by Gasteiger charge is 2.31. The number of hydrogen-bond donors (Lipinski definition) is 1. The van der Waals surface area contributed by atoms with Crippen LogP contribution in [0.25, 0.3) is 0 Å². The molecule has 1 saturated carbocycles. The van der Waals surface area contributed by atoms with Crippen molar-refractivity contribution in [3.05, 3.63) is 29.0 Å². The van der Waals surface area contributed by atoms with Crippen molar-refractivity contribution >= 4 is 11.6 Å². The van der Waals surface area contributed by atoms with Gasteiger partial charge in [-0.25, -0.2) is 4.98 Å². The van der Waals surface area contributed by atoms with E-state index in [-0.39, 0.29) is 0 Å². The van der Waals surface area contributed by atoms with Crippen molar-refractivity contribution in [3.8, 4) is 0 Å². The Morgan fingerprint density at radius 3 is 2.38 bits per heavy atom. The minimum absolute atomic E-state index is 0.596. The highest BCUT2D eigenvalue weighted by molar-refractivity contribution is 6.29. The number of aromatic nitrogens is 1. The molecule has 1 aromatic rings. The Balaban J connectivity index is 1.71. The van der Waals surface area contributed by atoms with E-state index in [4.69, 9.17) is 11.6 Å². The van der Waals surface area contributed by atoms with Gasteiger partial charge in [0.05, 0.1) is 0 Å². The Kier molecular flexibility index (Phi) is 2.86. The molecule has 16 heavy (non-hydrogen) atoms. The molecule has 3 heterocycles. The molecule has 0 amide bonds. The monoisotopic (exact) mass is 236 g/mol. The Morgan fingerprint density at radius 2 is 1.81 bits per heavy atom. The fourth-order valence-corrected chi connectivity index (χ4v) is 3.08. The van der Waals surface area contributed by atoms with E-state index in [1.165, 1.54) is 37.7 Å². The van der Waals surface area contributed by atoms with E-state index < -0.39 is 0 Å². The van der Waals surface area contributed by atoms with E-state index in [2.05, 4.69) is 16.4 Å². The van der Waals surface area contributed by atoms with Crippen LogP contribution in [0.2, 0.25) is 5.15 Å². The second-order valence-corrected chi connectivity index (χ2v) is 5.45. The molecule has 2 atom stereocenters. The van der Waals surface area contributed by atoms with E-state index in [0.29, 0.717) is 11.1 Å². The van der Waals surface area contributed by atoms with Crippen molar-refractivity contribution < 1.29 is 0 Å². The summed E-state index contributed by atoms with van der Waals surface area (Å²) in [6.45, 7) is 0. The van der Waals surface area contributed by atoms with Crippen molar-refractivity contribution in [1.29, 1.82) is 0 Å². The van der Waals surface area contributed by atoms with Gasteiger partial charge in [0.25, 0.3) is 0 Å². The van der Waals surface area contributed by atoms with Crippen LogP contribution < -0.4 is 5.32 Å². The average Bonchev–Trinajstić information content (AvgIpc) is 2.17. The third-order valence-electron chi connectivity index (χ3n) is 3.99. The van der Waals surface area contributed by atoms with Gasteiger partial charge in [-0.2, -0.15) is 0 Å². The predicted molar refractivity (Wildman–Crippen MR) is 65.8 cm³/mol. The molecule has 3 fully saturated rings. The molecule has 1 aliphatic carbocycles. The zero-order valence-corrected chi connectivity index (χ0v) is 10.1. The zero-order chi connectivity index (χ0) is 11.0. The molecule has 4 rings (SSSR count). The summed E-state index contributed by atoms with van der Waals surface area (Å²) in [5, 5.41) is 4.22. The first-order chi connectivity index (χ1) is 7.81. The third-order valence-corrected chi connectivity index (χ3v) is 4.21. The van der Waals surface area contributed by atoms with Crippen molar-refractivity contribution in [3.63, 3.8) is 0 Å². The molecule has 0 aromatic carbocycles. The minimum atomic E-state index is 0.596. The highest BCUT2D eigenvalue weighted by atomic mass is 35.5. The van der Waals surface area contributed by atoms with Crippen LogP contribution >= 0.6 is 11.6 Å². The molecule has 2 bridgehead atoms. The summed E-state index contributed by atoms with van der Waals surface area (Å²) in [7, 11) is 0. The lowest BCUT2D eigenvalue weighted by molar-refractivity contribution is 0.202. The van der Waals surface area contributed by atoms with E-state index >= 15 is 0 Å². The lowest BCUT2D eigenvalue weighted by Gasteiger charge is -2.41. The maximum absolute atomic E-state index is 5.82. The van der Waals surface area contributed by atoms with Gasteiger partial charge < -0.3 is 5.32 Å². The molecule has 1 aromatic heterocycles. The van der Waals surface area contributed by atoms with Crippen LogP contribution in [0, 0.1) is 0 Å². The van der Waals surface area contributed by atoms with Crippen LogP contribution in [0.4, 0.5) is 0 Å². The largest absolute Gasteiger partial charge is 0.311 e. The number of rotatable bonds is 1.